The molecule has 0 aromatic carbocycles. The first kappa shape index (κ1) is 28.9. The number of methoxy groups -OCH3 is 1. The number of carbonyl (C=O) groups excluding carboxylic acids is 2. The number of amides is 1. The first-order valence-electron chi connectivity index (χ1n) is 12.5. The van der Waals surface area contributed by atoms with Gasteiger partial charge in [-0.3, -0.25) is 9.59 Å². The molecular formula is C25H49NO4. The van der Waals surface area contributed by atoms with Crippen LogP contribution < -0.4 is 5.32 Å². The minimum Gasteiger partial charge on any atom is -0.469 e. The molecule has 0 aromatic heterocycles. The smallest absolute Gasteiger partial charge is 0.305 e. The summed E-state index contributed by atoms with van der Waals surface area (Å²) in [6, 6.07) is -0.103. The van der Waals surface area contributed by atoms with Crippen LogP contribution in [0.1, 0.15) is 124 Å². The minimum atomic E-state index is -0.957. The lowest BCUT2D eigenvalue weighted by Gasteiger charge is -2.22. The zero-order valence-electron chi connectivity index (χ0n) is 20.2. The highest BCUT2D eigenvalue weighted by Crippen LogP contribution is 2.14. The van der Waals surface area contributed by atoms with Gasteiger partial charge in [0.25, 0.3) is 0 Å². The summed E-state index contributed by atoms with van der Waals surface area (Å²) in [5.41, 5.74) is 0. The second kappa shape index (κ2) is 19.8. The van der Waals surface area contributed by atoms with Gasteiger partial charge in [0.1, 0.15) is 6.10 Å². The average molecular weight is 428 g/mol. The fraction of sp³-hybridized carbons (Fsp3) is 0.920. The monoisotopic (exact) mass is 427 g/mol. The fourth-order valence-electron chi connectivity index (χ4n) is 3.82. The second-order valence-electron chi connectivity index (χ2n) is 9.14. The molecule has 30 heavy (non-hydrogen) atoms. The summed E-state index contributed by atoms with van der Waals surface area (Å²) < 4.78 is 4.68. The SMILES string of the molecule is CCCCCCCCCCCCCCC(O)C(=O)NC(CCC(=O)OC)CC(C)C. The lowest BCUT2D eigenvalue weighted by Crippen LogP contribution is -2.42. The summed E-state index contributed by atoms with van der Waals surface area (Å²) in [4.78, 5) is 23.7. The summed E-state index contributed by atoms with van der Waals surface area (Å²) in [5, 5.41) is 13.1. The van der Waals surface area contributed by atoms with Crippen molar-refractivity contribution in [3.8, 4) is 0 Å². The molecule has 0 aliphatic heterocycles. The molecule has 0 radical (unpaired) electrons. The van der Waals surface area contributed by atoms with Crippen LogP contribution in [0.4, 0.5) is 0 Å². The maximum atomic E-state index is 12.3. The fourth-order valence-corrected chi connectivity index (χ4v) is 3.82. The van der Waals surface area contributed by atoms with E-state index in [1.54, 1.807) is 0 Å². The third-order valence-electron chi connectivity index (χ3n) is 5.66. The van der Waals surface area contributed by atoms with Gasteiger partial charge in [0.2, 0.25) is 5.91 Å². The zero-order chi connectivity index (χ0) is 22.6. The highest BCUT2D eigenvalue weighted by Gasteiger charge is 2.20. The van der Waals surface area contributed by atoms with Crippen molar-refractivity contribution in [3.63, 3.8) is 0 Å². The predicted molar refractivity (Wildman–Crippen MR) is 124 cm³/mol. The van der Waals surface area contributed by atoms with E-state index in [-0.39, 0.29) is 24.3 Å². The Kier molecular flexibility index (Phi) is 19.1. The standard InChI is InChI=1S/C25H49NO4/c1-5-6-7-8-9-10-11-12-13-14-15-16-17-23(27)25(29)26-22(20-21(2)3)18-19-24(28)30-4/h21-23,27H,5-20H2,1-4H3,(H,26,29). The van der Waals surface area contributed by atoms with Crippen LogP contribution in [0.15, 0.2) is 0 Å². The maximum absolute atomic E-state index is 12.3. The van der Waals surface area contributed by atoms with Crippen LogP contribution >= 0.6 is 0 Å². The Balaban J connectivity index is 3.83. The van der Waals surface area contributed by atoms with Crippen molar-refractivity contribution in [3.05, 3.63) is 0 Å². The minimum absolute atomic E-state index is 0.103. The number of hydrogen-bond donors (Lipinski definition) is 2. The number of nitrogens with one attached hydrogen (secondary N) is 1. The van der Waals surface area contributed by atoms with Gasteiger partial charge in [-0.2, -0.15) is 0 Å². The molecule has 0 rings (SSSR count). The van der Waals surface area contributed by atoms with E-state index < -0.39 is 6.10 Å². The van der Waals surface area contributed by atoms with Crippen molar-refractivity contribution in [1.29, 1.82) is 0 Å². The molecule has 0 aromatic rings. The molecule has 0 spiro atoms. The largest absolute Gasteiger partial charge is 0.469 e. The Morgan fingerprint density at radius 1 is 0.833 bits per heavy atom. The Labute approximate surface area is 185 Å². The number of unbranched alkanes of at least 4 members (excludes halogenated alkanes) is 11. The predicted octanol–water partition coefficient (Wildman–Crippen LogP) is 5.92. The summed E-state index contributed by atoms with van der Waals surface area (Å²) in [7, 11) is 1.37. The molecule has 0 bridgehead atoms. The maximum Gasteiger partial charge on any atom is 0.305 e. The number of aliphatic hydroxyl groups is 1. The molecule has 0 aliphatic carbocycles. The molecule has 0 saturated heterocycles. The van der Waals surface area contributed by atoms with Crippen molar-refractivity contribution < 1.29 is 19.4 Å². The quantitative estimate of drug-likeness (QED) is 0.187. The van der Waals surface area contributed by atoms with E-state index in [0.29, 0.717) is 18.8 Å². The summed E-state index contributed by atoms with van der Waals surface area (Å²) in [5.74, 6) is -0.176. The van der Waals surface area contributed by atoms with Crippen LogP contribution in [0.5, 0.6) is 0 Å². The first-order valence-corrected chi connectivity index (χ1v) is 12.5. The van der Waals surface area contributed by atoms with Gasteiger partial charge in [-0.25, -0.2) is 0 Å². The molecule has 0 saturated carbocycles. The molecular weight excluding hydrogens is 378 g/mol. The van der Waals surface area contributed by atoms with Crippen LogP contribution in [0.25, 0.3) is 0 Å². The Hall–Kier alpha value is -1.10. The van der Waals surface area contributed by atoms with Gasteiger partial charge in [-0.1, -0.05) is 97.8 Å². The number of rotatable bonds is 20. The molecule has 0 fully saturated rings. The molecule has 2 N–H and O–H groups in total. The van der Waals surface area contributed by atoms with Crippen molar-refractivity contribution in [2.45, 2.75) is 136 Å². The highest BCUT2D eigenvalue weighted by molar-refractivity contribution is 5.80. The van der Waals surface area contributed by atoms with Crippen LogP contribution in [-0.2, 0) is 14.3 Å². The summed E-state index contributed by atoms with van der Waals surface area (Å²) in [6.45, 7) is 6.42. The van der Waals surface area contributed by atoms with E-state index in [1.165, 1.54) is 71.3 Å². The van der Waals surface area contributed by atoms with Crippen LogP contribution in [-0.4, -0.2) is 36.2 Å². The Morgan fingerprint density at radius 3 is 1.80 bits per heavy atom. The average Bonchev–Trinajstić information content (AvgIpc) is 2.71. The highest BCUT2D eigenvalue weighted by atomic mass is 16.5. The van der Waals surface area contributed by atoms with Crippen LogP contribution in [0.3, 0.4) is 0 Å². The molecule has 5 heteroatoms. The van der Waals surface area contributed by atoms with E-state index >= 15 is 0 Å². The number of hydrogen-bond acceptors (Lipinski definition) is 4. The third-order valence-corrected chi connectivity index (χ3v) is 5.66. The van der Waals surface area contributed by atoms with Gasteiger partial charge < -0.3 is 15.2 Å². The Morgan fingerprint density at radius 2 is 1.33 bits per heavy atom. The molecule has 0 heterocycles. The van der Waals surface area contributed by atoms with Gasteiger partial charge in [0.15, 0.2) is 0 Å². The van der Waals surface area contributed by atoms with E-state index in [9.17, 15) is 14.7 Å². The van der Waals surface area contributed by atoms with Crippen molar-refractivity contribution in [2.24, 2.45) is 5.92 Å². The van der Waals surface area contributed by atoms with Gasteiger partial charge in [0, 0.05) is 12.5 Å². The lowest BCUT2D eigenvalue weighted by atomic mass is 9.99. The van der Waals surface area contributed by atoms with Crippen molar-refractivity contribution in [1.82, 2.24) is 5.32 Å². The van der Waals surface area contributed by atoms with E-state index in [0.717, 1.165) is 19.3 Å². The number of ether oxygens (including phenoxy) is 1. The van der Waals surface area contributed by atoms with E-state index in [4.69, 9.17) is 0 Å². The number of aliphatic hydroxyl groups excluding tert-OH is 1. The van der Waals surface area contributed by atoms with Gasteiger partial charge in [-0.05, 0) is 25.2 Å². The molecule has 5 nitrogen and oxygen atoms in total. The van der Waals surface area contributed by atoms with E-state index in [1.807, 2.05) is 0 Å². The number of esters is 1. The van der Waals surface area contributed by atoms with E-state index in [2.05, 4.69) is 30.8 Å². The summed E-state index contributed by atoms with van der Waals surface area (Å²) >= 11 is 0. The number of carbonyl (C=O) groups is 2. The normalized spacial score (nSPS) is 13.3. The molecule has 2 atom stereocenters. The Bertz CT molecular complexity index is 425. The zero-order valence-corrected chi connectivity index (χ0v) is 20.2. The molecule has 1 amide bonds. The molecule has 178 valence electrons. The van der Waals surface area contributed by atoms with Gasteiger partial charge in [-0.15, -0.1) is 0 Å². The molecule has 2 unspecified atom stereocenters. The third kappa shape index (κ3) is 17.7. The topological polar surface area (TPSA) is 75.6 Å². The molecule has 0 aliphatic rings. The second-order valence-corrected chi connectivity index (χ2v) is 9.14. The van der Waals surface area contributed by atoms with Gasteiger partial charge >= 0.3 is 5.97 Å². The van der Waals surface area contributed by atoms with Crippen molar-refractivity contribution >= 4 is 11.9 Å². The van der Waals surface area contributed by atoms with Gasteiger partial charge in [0.05, 0.1) is 7.11 Å². The van der Waals surface area contributed by atoms with Crippen LogP contribution in [0, 0.1) is 5.92 Å². The van der Waals surface area contributed by atoms with Crippen LogP contribution in [0.2, 0.25) is 0 Å². The summed E-state index contributed by atoms with van der Waals surface area (Å²) in [6.07, 6.45) is 16.4. The van der Waals surface area contributed by atoms with Crippen molar-refractivity contribution in [2.75, 3.05) is 7.11 Å². The lowest BCUT2D eigenvalue weighted by molar-refractivity contribution is -0.141. The first-order chi connectivity index (χ1) is 14.4.